The fourth-order valence-electron chi connectivity index (χ4n) is 2.68. The molecule has 1 aliphatic heterocycles. The third kappa shape index (κ3) is 2.96. The number of H-pyrrole nitrogens is 1. The first kappa shape index (κ1) is 15.9. The van der Waals surface area contributed by atoms with Gasteiger partial charge in [0.05, 0.1) is 5.52 Å². The van der Waals surface area contributed by atoms with E-state index in [1.807, 2.05) is 0 Å². The molecule has 0 spiro atoms. The van der Waals surface area contributed by atoms with E-state index in [9.17, 15) is 19.1 Å². The molecule has 3 N–H and O–H groups in total. The minimum atomic E-state index is -1.36. The quantitative estimate of drug-likeness (QED) is 0.757. The highest BCUT2D eigenvalue weighted by atomic mass is 79.9. The number of nitrogens with one attached hydrogen (secondary N) is 2. The molecule has 122 valence electrons. The van der Waals surface area contributed by atoms with Crippen molar-refractivity contribution in [1.29, 1.82) is 0 Å². The largest absolute Gasteiger partial charge is 0.480 e. The molecule has 2 heterocycles. The van der Waals surface area contributed by atoms with Gasteiger partial charge in [-0.15, -0.1) is 0 Å². The lowest BCUT2D eigenvalue weighted by Crippen LogP contribution is -2.57. The van der Waals surface area contributed by atoms with E-state index in [4.69, 9.17) is 4.74 Å². The standard InChI is InChI=1S/C15H14BrFN2O4/c16-8-5-10(17)9-7-12(18-11(9)6-8)13(20)19-15(14(21)22)1-3-23-4-2-15/h5-7,18H,1-4H2,(H,19,20)(H,21,22). The van der Waals surface area contributed by atoms with E-state index in [0.717, 1.165) is 0 Å². The normalized spacial score (nSPS) is 17.1. The molecule has 23 heavy (non-hydrogen) atoms. The summed E-state index contributed by atoms with van der Waals surface area (Å²) in [5.74, 6) is -2.15. The van der Waals surface area contributed by atoms with Gasteiger partial charge in [-0.1, -0.05) is 15.9 Å². The van der Waals surface area contributed by atoms with Crippen molar-refractivity contribution in [2.75, 3.05) is 13.2 Å². The molecule has 0 bridgehead atoms. The molecule has 1 amide bonds. The predicted molar refractivity (Wildman–Crippen MR) is 83.8 cm³/mol. The van der Waals surface area contributed by atoms with Crippen molar-refractivity contribution in [2.45, 2.75) is 18.4 Å². The molecule has 1 aromatic heterocycles. The van der Waals surface area contributed by atoms with Gasteiger partial charge < -0.3 is 20.1 Å². The van der Waals surface area contributed by atoms with Crippen LogP contribution in [0.25, 0.3) is 10.9 Å². The van der Waals surface area contributed by atoms with Gasteiger partial charge in [0, 0.05) is 35.9 Å². The molecular weight excluding hydrogens is 371 g/mol. The fraction of sp³-hybridized carbons (Fsp3) is 0.333. The van der Waals surface area contributed by atoms with Crippen molar-refractivity contribution >= 4 is 38.7 Å². The van der Waals surface area contributed by atoms with E-state index < -0.39 is 23.2 Å². The van der Waals surface area contributed by atoms with E-state index in [1.54, 1.807) is 6.07 Å². The maximum atomic E-state index is 13.9. The van der Waals surface area contributed by atoms with Gasteiger partial charge in [-0.25, -0.2) is 9.18 Å². The lowest BCUT2D eigenvalue weighted by molar-refractivity contribution is -0.148. The van der Waals surface area contributed by atoms with Crippen LogP contribution in [0.2, 0.25) is 0 Å². The zero-order valence-electron chi connectivity index (χ0n) is 12.0. The molecule has 1 saturated heterocycles. The van der Waals surface area contributed by atoms with Crippen LogP contribution in [0.1, 0.15) is 23.3 Å². The molecule has 8 heteroatoms. The molecule has 3 rings (SSSR count). The van der Waals surface area contributed by atoms with Crippen molar-refractivity contribution < 1.29 is 23.8 Å². The van der Waals surface area contributed by atoms with Gasteiger partial charge in [-0.05, 0) is 18.2 Å². The molecular formula is C15H14BrFN2O4. The monoisotopic (exact) mass is 384 g/mol. The van der Waals surface area contributed by atoms with Gasteiger partial charge in [0.25, 0.3) is 5.91 Å². The lowest BCUT2D eigenvalue weighted by atomic mass is 9.90. The van der Waals surface area contributed by atoms with Crippen molar-refractivity contribution in [3.05, 3.63) is 34.2 Å². The molecule has 1 fully saturated rings. The number of hydrogen-bond donors (Lipinski definition) is 3. The molecule has 0 saturated carbocycles. The maximum Gasteiger partial charge on any atom is 0.329 e. The molecule has 2 aromatic rings. The predicted octanol–water partition coefficient (Wildman–Crippen LogP) is 2.43. The van der Waals surface area contributed by atoms with E-state index in [0.29, 0.717) is 9.99 Å². The fourth-order valence-corrected chi connectivity index (χ4v) is 3.11. The summed E-state index contributed by atoms with van der Waals surface area (Å²) in [6.07, 6.45) is 0.377. The Labute approximate surface area is 139 Å². The summed E-state index contributed by atoms with van der Waals surface area (Å²) in [4.78, 5) is 26.8. The van der Waals surface area contributed by atoms with Gasteiger partial charge in [0.2, 0.25) is 0 Å². The number of halogens is 2. The summed E-state index contributed by atoms with van der Waals surface area (Å²) < 4.78 is 19.6. The first-order valence-electron chi connectivity index (χ1n) is 7.03. The highest BCUT2D eigenvalue weighted by Crippen LogP contribution is 2.25. The minimum absolute atomic E-state index is 0.115. The zero-order valence-corrected chi connectivity index (χ0v) is 13.6. The molecule has 0 atom stereocenters. The number of carbonyl (C=O) groups is 2. The topological polar surface area (TPSA) is 91.4 Å². The number of aromatic nitrogens is 1. The van der Waals surface area contributed by atoms with Crippen LogP contribution in [0.15, 0.2) is 22.7 Å². The van der Waals surface area contributed by atoms with Crippen molar-refractivity contribution in [2.24, 2.45) is 0 Å². The summed E-state index contributed by atoms with van der Waals surface area (Å²) in [7, 11) is 0. The summed E-state index contributed by atoms with van der Waals surface area (Å²) >= 11 is 3.18. The third-order valence-corrected chi connectivity index (χ3v) is 4.46. The zero-order chi connectivity index (χ0) is 16.6. The Kier molecular flexibility index (Phi) is 4.11. The number of carbonyl (C=O) groups excluding carboxylic acids is 1. The molecule has 0 aliphatic carbocycles. The van der Waals surface area contributed by atoms with Gasteiger partial charge in [0.15, 0.2) is 0 Å². The van der Waals surface area contributed by atoms with Gasteiger partial charge in [-0.3, -0.25) is 4.79 Å². The van der Waals surface area contributed by atoms with Crippen LogP contribution in [0.4, 0.5) is 4.39 Å². The number of rotatable bonds is 3. The second-order valence-electron chi connectivity index (χ2n) is 5.49. The maximum absolute atomic E-state index is 13.9. The number of carboxylic acids is 1. The van der Waals surface area contributed by atoms with E-state index in [1.165, 1.54) is 12.1 Å². The van der Waals surface area contributed by atoms with Crippen LogP contribution in [-0.4, -0.2) is 40.7 Å². The Morgan fingerprint density at radius 3 is 2.65 bits per heavy atom. The van der Waals surface area contributed by atoms with Crippen molar-refractivity contribution in [3.63, 3.8) is 0 Å². The van der Waals surface area contributed by atoms with Gasteiger partial charge in [0.1, 0.15) is 17.1 Å². The average molecular weight is 385 g/mol. The third-order valence-electron chi connectivity index (χ3n) is 4.01. The Morgan fingerprint density at radius 1 is 1.30 bits per heavy atom. The Hall–Kier alpha value is -1.93. The number of ether oxygens (including phenoxy) is 1. The molecule has 1 aliphatic rings. The van der Waals surface area contributed by atoms with Crippen LogP contribution in [-0.2, 0) is 9.53 Å². The Morgan fingerprint density at radius 2 is 2.00 bits per heavy atom. The van der Waals surface area contributed by atoms with Crippen molar-refractivity contribution in [3.8, 4) is 0 Å². The number of aromatic amines is 1. The minimum Gasteiger partial charge on any atom is -0.480 e. The lowest BCUT2D eigenvalue weighted by Gasteiger charge is -2.33. The molecule has 1 aromatic carbocycles. The first-order chi connectivity index (χ1) is 10.9. The van der Waals surface area contributed by atoms with Crippen LogP contribution >= 0.6 is 15.9 Å². The van der Waals surface area contributed by atoms with Crippen LogP contribution in [0.5, 0.6) is 0 Å². The Bertz CT molecular complexity index is 783. The van der Waals surface area contributed by atoms with E-state index in [-0.39, 0.29) is 37.1 Å². The number of fused-ring (bicyclic) bond motifs is 1. The highest BCUT2D eigenvalue weighted by Gasteiger charge is 2.42. The average Bonchev–Trinajstić information content (AvgIpc) is 2.92. The summed E-state index contributed by atoms with van der Waals surface area (Å²) in [5, 5.41) is 12.3. The summed E-state index contributed by atoms with van der Waals surface area (Å²) in [6.45, 7) is 0.529. The van der Waals surface area contributed by atoms with Crippen molar-refractivity contribution in [1.82, 2.24) is 10.3 Å². The molecule has 0 unspecified atom stereocenters. The van der Waals surface area contributed by atoms with Crippen LogP contribution < -0.4 is 5.32 Å². The number of benzene rings is 1. The number of aliphatic carboxylic acids is 1. The van der Waals surface area contributed by atoms with Gasteiger partial charge in [-0.2, -0.15) is 0 Å². The summed E-state index contributed by atoms with van der Waals surface area (Å²) in [5.41, 5.74) is -0.784. The van der Waals surface area contributed by atoms with E-state index >= 15 is 0 Å². The number of amides is 1. The first-order valence-corrected chi connectivity index (χ1v) is 7.82. The highest BCUT2D eigenvalue weighted by molar-refractivity contribution is 9.10. The SMILES string of the molecule is O=C(NC1(C(=O)O)CCOCC1)c1cc2c(F)cc(Br)cc2[nH]1. The van der Waals surface area contributed by atoms with Crippen LogP contribution in [0, 0.1) is 5.82 Å². The summed E-state index contributed by atoms with van der Waals surface area (Å²) in [6, 6.07) is 4.33. The molecule has 0 radical (unpaired) electrons. The smallest absolute Gasteiger partial charge is 0.329 e. The molecule has 6 nitrogen and oxygen atoms in total. The number of hydrogen-bond acceptors (Lipinski definition) is 3. The Balaban J connectivity index is 1.91. The second-order valence-corrected chi connectivity index (χ2v) is 6.40. The number of carboxylic acid groups (broad SMARTS) is 1. The van der Waals surface area contributed by atoms with Crippen LogP contribution in [0.3, 0.4) is 0 Å². The van der Waals surface area contributed by atoms with Gasteiger partial charge >= 0.3 is 5.97 Å². The second kappa shape index (κ2) is 5.93. The van der Waals surface area contributed by atoms with E-state index in [2.05, 4.69) is 26.2 Å².